The number of rotatable bonds is 9. The van der Waals surface area contributed by atoms with E-state index in [2.05, 4.69) is 13.2 Å². The van der Waals surface area contributed by atoms with Crippen LogP contribution in [0.15, 0.2) is 37.5 Å². The Balaban J connectivity index is 2.51. The molecule has 0 amide bonds. The molecule has 0 aromatic carbocycles. The molecule has 1 aliphatic heterocycles. The van der Waals surface area contributed by atoms with Gasteiger partial charge in [0.2, 0.25) is 6.29 Å². The fraction of sp³-hybridized carbons (Fsp3) is 0.562. The first-order valence-electron chi connectivity index (χ1n) is 7.06. The van der Waals surface area contributed by atoms with Gasteiger partial charge in [0.25, 0.3) is 0 Å². The molecule has 0 saturated carbocycles. The van der Waals surface area contributed by atoms with Gasteiger partial charge in [-0.1, -0.05) is 18.2 Å². The summed E-state index contributed by atoms with van der Waals surface area (Å²) in [5.74, 6) is -0.388. The SMILES string of the molecule is C=CCCOC1C=C[C@H](OC(CC=C)OC(C)=O)[C@H](C)O1. The summed E-state index contributed by atoms with van der Waals surface area (Å²) in [6, 6.07) is 0. The number of carbonyl (C=O) groups excluding carboxylic acids is 1. The fourth-order valence-electron chi connectivity index (χ4n) is 1.84. The average Bonchev–Trinajstić information content (AvgIpc) is 2.41. The summed E-state index contributed by atoms with van der Waals surface area (Å²) >= 11 is 0. The maximum Gasteiger partial charge on any atom is 0.304 e. The third-order valence-electron chi connectivity index (χ3n) is 2.84. The summed E-state index contributed by atoms with van der Waals surface area (Å²) in [6.07, 6.45) is 6.77. The number of carbonyl (C=O) groups is 1. The molecule has 0 bridgehead atoms. The predicted molar refractivity (Wildman–Crippen MR) is 79.5 cm³/mol. The van der Waals surface area contributed by atoms with E-state index in [1.54, 1.807) is 18.2 Å². The standard InChI is InChI=1S/C16H24O5/c1-5-7-11-18-15-10-9-14(12(3)19-15)21-16(8-6-2)20-13(4)17/h5-6,9-10,12,14-16H,1-2,7-8,11H2,3-4H3/t12-,14-,15?,16?/m0/s1. The molecule has 0 radical (unpaired) electrons. The topological polar surface area (TPSA) is 54.0 Å². The van der Waals surface area contributed by atoms with Crippen molar-refractivity contribution in [1.82, 2.24) is 0 Å². The molecule has 0 aromatic heterocycles. The second-order valence-corrected chi connectivity index (χ2v) is 4.71. The molecule has 0 aliphatic carbocycles. The van der Waals surface area contributed by atoms with Crippen LogP contribution in [0.25, 0.3) is 0 Å². The molecule has 21 heavy (non-hydrogen) atoms. The van der Waals surface area contributed by atoms with E-state index in [1.807, 2.05) is 13.0 Å². The van der Waals surface area contributed by atoms with Crippen molar-refractivity contribution in [3.63, 3.8) is 0 Å². The molecule has 5 nitrogen and oxygen atoms in total. The van der Waals surface area contributed by atoms with Gasteiger partial charge >= 0.3 is 5.97 Å². The van der Waals surface area contributed by atoms with Gasteiger partial charge in [-0.25, -0.2) is 0 Å². The molecule has 0 fully saturated rings. The minimum Gasteiger partial charge on any atom is -0.436 e. The molecule has 1 rings (SSSR count). The zero-order chi connectivity index (χ0) is 15.7. The largest absolute Gasteiger partial charge is 0.436 e. The maximum atomic E-state index is 11.0. The van der Waals surface area contributed by atoms with Crippen molar-refractivity contribution in [2.45, 2.75) is 51.5 Å². The Hall–Kier alpha value is -1.43. The first-order valence-corrected chi connectivity index (χ1v) is 7.06. The van der Waals surface area contributed by atoms with E-state index in [0.29, 0.717) is 13.0 Å². The molecule has 0 aromatic rings. The van der Waals surface area contributed by atoms with Gasteiger partial charge in [-0.05, 0) is 19.4 Å². The summed E-state index contributed by atoms with van der Waals surface area (Å²) in [4.78, 5) is 11.0. The molecule has 5 heteroatoms. The van der Waals surface area contributed by atoms with Crippen LogP contribution < -0.4 is 0 Å². The third kappa shape index (κ3) is 6.71. The highest BCUT2D eigenvalue weighted by Gasteiger charge is 2.27. The van der Waals surface area contributed by atoms with Gasteiger partial charge in [0, 0.05) is 13.3 Å². The lowest BCUT2D eigenvalue weighted by atomic mass is 10.1. The Morgan fingerprint density at radius 1 is 1.38 bits per heavy atom. The first kappa shape index (κ1) is 17.6. The van der Waals surface area contributed by atoms with Gasteiger partial charge in [-0.3, -0.25) is 4.79 Å². The Bertz CT molecular complexity index is 377. The van der Waals surface area contributed by atoms with Crippen LogP contribution in [-0.2, 0) is 23.7 Å². The smallest absolute Gasteiger partial charge is 0.304 e. The number of esters is 1. The van der Waals surface area contributed by atoms with Crippen LogP contribution in [-0.4, -0.2) is 37.4 Å². The predicted octanol–water partition coefficient (Wildman–Crippen LogP) is 2.73. The van der Waals surface area contributed by atoms with E-state index in [9.17, 15) is 4.79 Å². The van der Waals surface area contributed by atoms with E-state index in [1.165, 1.54) is 6.92 Å². The Kier molecular flexibility index (Phi) is 7.97. The fourth-order valence-corrected chi connectivity index (χ4v) is 1.84. The van der Waals surface area contributed by atoms with E-state index >= 15 is 0 Å². The van der Waals surface area contributed by atoms with Crippen LogP contribution in [0.1, 0.15) is 26.7 Å². The van der Waals surface area contributed by atoms with Gasteiger partial charge in [-0.2, -0.15) is 0 Å². The van der Waals surface area contributed by atoms with Gasteiger partial charge in [0.1, 0.15) is 6.10 Å². The Morgan fingerprint density at radius 3 is 2.71 bits per heavy atom. The van der Waals surface area contributed by atoms with Gasteiger partial charge in [0.15, 0.2) is 6.29 Å². The van der Waals surface area contributed by atoms with Crippen LogP contribution in [0.3, 0.4) is 0 Å². The second kappa shape index (κ2) is 9.50. The second-order valence-electron chi connectivity index (χ2n) is 4.71. The molecular formula is C16H24O5. The molecular weight excluding hydrogens is 272 g/mol. The zero-order valence-electron chi connectivity index (χ0n) is 12.7. The monoisotopic (exact) mass is 296 g/mol. The van der Waals surface area contributed by atoms with Gasteiger partial charge in [-0.15, -0.1) is 13.2 Å². The highest BCUT2D eigenvalue weighted by Crippen LogP contribution is 2.19. The number of hydrogen-bond acceptors (Lipinski definition) is 5. The van der Waals surface area contributed by atoms with Crippen molar-refractivity contribution in [3.05, 3.63) is 37.5 Å². The van der Waals surface area contributed by atoms with Gasteiger partial charge < -0.3 is 18.9 Å². The van der Waals surface area contributed by atoms with Crippen molar-refractivity contribution in [1.29, 1.82) is 0 Å². The van der Waals surface area contributed by atoms with Crippen molar-refractivity contribution in [3.8, 4) is 0 Å². The molecule has 2 unspecified atom stereocenters. The molecule has 1 heterocycles. The Labute approximate surface area is 126 Å². The quantitative estimate of drug-likeness (QED) is 0.283. The zero-order valence-corrected chi connectivity index (χ0v) is 12.7. The van der Waals surface area contributed by atoms with E-state index < -0.39 is 6.29 Å². The molecule has 4 atom stereocenters. The lowest BCUT2D eigenvalue weighted by Crippen LogP contribution is -2.39. The first-order chi connectivity index (χ1) is 10.1. The Morgan fingerprint density at radius 2 is 2.14 bits per heavy atom. The lowest BCUT2D eigenvalue weighted by Gasteiger charge is -2.31. The molecule has 0 N–H and O–H groups in total. The summed E-state index contributed by atoms with van der Waals surface area (Å²) in [5, 5.41) is 0. The minimum absolute atomic E-state index is 0.202. The van der Waals surface area contributed by atoms with Crippen molar-refractivity contribution in [2.75, 3.05) is 6.61 Å². The average molecular weight is 296 g/mol. The van der Waals surface area contributed by atoms with E-state index in [0.717, 1.165) is 6.42 Å². The molecule has 0 spiro atoms. The van der Waals surface area contributed by atoms with E-state index in [4.69, 9.17) is 18.9 Å². The van der Waals surface area contributed by atoms with Crippen molar-refractivity contribution in [2.24, 2.45) is 0 Å². The molecule has 118 valence electrons. The minimum atomic E-state index is -0.654. The number of hydrogen-bond donors (Lipinski definition) is 0. The van der Waals surface area contributed by atoms with E-state index in [-0.39, 0.29) is 24.5 Å². The van der Waals surface area contributed by atoms with Crippen LogP contribution in [0.2, 0.25) is 0 Å². The van der Waals surface area contributed by atoms with Crippen molar-refractivity contribution < 1.29 is 23.7 Å². The summed E-state index contributed by atoms with van der Waals surface area (Å²) in [7, 11) is 0. The number of ether oxygens (including phenoxy) is 4. The highest BCUT2D eigenvalue weighted by atomic mass is 16.7. The maximum absolute atomic E-state index is 11.0. The van der Waals surface area contributed by atoms with Gasteiger partial charge in [0.05, 0.1) is 12.7 Å². The molecule has 1 aliphatic rings. The normalized spacial score (nSPS) is 26.1. The van der Waals surface area contributed by atoms with Crippen molar-refractivity contribution >= 4 is 5.97 Å². The molecule has 0 saturated heterocycles. The van der Waals surface area contributed by atoms with Crippen LogP contribution >= 0.6 is 0 Å². The highest BCUT2D eigenvalue weighted by molar-refractivity contribution is 5.66. The lowest BCUT2D eigenvalue weighted by molar-refractivity contribution is -0.216. The summed E-state index contributed by atoms with van der Waals surface area (Å²) < 4.78 is 22.0. The third-order valence-corrected chi connectivity index (χ3v) is 2.84. The van der Waals surface area contributed by atoms with Crippen LogP contribution in [0.5, 0.6) is 0 Å². The summed E-state index contributed by atoms with van der Waals surface area (Å²) in [6.45, 7) is 11.1. The van der Waals surface area contributed by atoms with Crippen LogP contribution in [0, 0.1) is 0 Å². The summed E-state index contributed by atoms with van der Waals surface area (Å²) in [5.41, 5.74) is 0. The van der Waals surface area contributed by atoms with Crippen LogP contribution in [0.4, 0.5) is 0 Å².